The van der Waals surface area contributed by atoms with E-state index >= 15 is 0 Å². The molecule has 1 amide bonds. The van der Waals surface area contributed by atoms with Crippen LogP contribution in [0.15, 0.2) is 5.38 Å². The van der Waals surface area contributed by atoms with Gasteiger partial charge in [-0.2, -0.15) is 0 Å². The molecule has 102 valence electrons. The summed E-state index contributed by atoms with van der Waals surface area (Å²) in [5.74, 6) is -0.0187. The molecule has 0 saturated carbocycles. The van der Waals surface area contributed by atoms with Crippen molar-refractivity contribution in [2.75, 3.05) is 26.2 Å². The average molecular weight is 311 g/mol. The maximum Gasteiger partial charge on any atom is 0.265 e. The molecule has 1 saturated heterocycles. The minimum absolute atomic E-state index is 0. The van der Waals surface area contributed by atoms with Gasteiger partial charge in [-0.25, -0.2) is 0 Å². The molecule has 1 atom stereocenters. The van der Waals surface area contributed by atoms with E-state index in [1.165, 1.54) is 11.3 Å². The molecule has 7 heteroatoms. The molecular formula is C11H16Cl2N2O2S. The molecule has 4 nitrogen and oxygen atoms in total. The Morgan fingerprint density at radius 2 is 2.44 bits per heavy atom. The van der Waals surface area contributed by atoms with Crippen molar-refractivity contribution in [1.29, 1.82) is 0 Å². The lowest BCUT2D eigenvalue weighted by molar-refractivity contribution is -0.0165. The average Bonchev–Trinajstić information content (AvgIpc) is 2.69. The summed E-state index contributed by atoms with van der Waals surface area (Å²) < 4.78 is 5.43. The van der Waals surface area contributed by atoms with Crippen LogP contribution in [-0.2, 0) is 4.74 Å². The van der Waals surface area contributed by atoms with Crippen LogP contribution >= 0.6 is 35.3 Å². The Balaban J connectivity index is 0.00000162. The fraction of sp³-hybridized carbons (Fsp3) is 0.545. The lowest BCUT2D eigenvalue weighted by Gasteiger charge is -2.32. The second-order valence-electron chi connectivity index (χ2n) is 4.04. The van der Waals surface area contributed by atoms with Crippen LogP contribution in [0.3, 0.4) is 0 Å². The first-order valence-corrected chi connectivity index (χ1v) is 6.73. The highest BCUT2D eigenvalue weighted by Crippen LogP contribution is 2.28. The van der Waals surface area contributed by atoms with Gasteiger partial charge in [0.25, 0.3) is 5.91 Å². The lowest BCUT2D eigenvalue weighted by atomic mass is 10.2. The van der Waals surface area contributed by atoms with Gasteiger partial charge in [-0.3, -0.25) is 4.79 Å². The number of nitrogens with two attached hydrogens (primary N) is 1. The van der Waals surface area contributed by atoms with E-state index < -0.39 is 0 Å². The molecule has 2 rings (SSSR count). The smallest absolute Gasteiger partial charge is 0.265 e. The number of hydrogen-bond donors (Lipinski definition) is 1. The Labute approximate surface area is 121 Å². The van der Waals surface area contributed by atoms with Crippen LogP contribution in [0.2, 0.25) is 5.02 Å². The van der Waals surface area contributed by atoms with E-state index in [9.17, 15) is 4.79 Å². The van der Waals surface area contributed by atoms with Crippen LogP contribution in [0.25, 0.3) is 0 Å². The Morgan fingerprint density at radius 3 is 3.00 bits per heavy atom. The molecule has 0 radical (unpaired) electrons. The maximum absolute atomic E-state index is 12.3. The van der Waals surface area contributed by atoms with Crippen molar-refractivity contribution in [1.82, 2.24) is 4.90 Å². The van der Waals surface area contributed by atoms with Crippen LogP contribution in [0.4, 0.5) is 0 Å². The zero-order valence-electron chi connectivity index (χ0n) is 10.0. The summed E-state index contributed by atoms with van der Waals surface area (Å²) in [5, 5.41) is 2.46. The Morgan fingerprint density at radius 1 is 1.72 bits per heavy atom. The first-order valence-electron chi connectivity index (χ1n) is 5.48. The normalized spacial score (nSPS) is 19.5. The first-order chi connectivity index (χ1) is 8.13. The third-order valence-corrected chi connectivity index (χ3v) is 4.47. The SMILES string of the molecule is Cc1csc(C(=O)N2CCOC(CN)C2)c1Cl.Cl. The number of morpholine rings is 1. The van der Waals surface area contributed by atoms with Gasteiger partial charge in [0.05, 0.1) is 17.7 Å². The molecule has 0 aromatic carbocycles. The van der Waals surface area contributed by atoms with E-state index in [-0.39, 0.29) is 24.4 Å². The van der Waals surface area contributed by atoms with Gasteiger partial charge in [0.1, 0.15) is 4.88 Å². The fourth-order valence-corrected chi connectivity index (χ4v) is 3.00. The highest BCUT2D eigenvalue weighted by atomic mass is 35.5. The minimum Gasteiger partial charge on any atom is -0.373 e. The number of carbonyl (C=O) groups is 1. The van der Waals surface area contributed by atoms with Gasteiger partial charge in [0, 0.05) is 19.6 Å². The zero-order chi connectivity index (χ0) is 12.4. The van der Waals surface area contributed by atoms with Crippen LogP contribution in [0, 0.1) is 6.92 Å². The number of aryl methyl sites for hydroxylation is 1. The predicted molar refractivity (Wildman–Crippen MR) is 76.0 cm³/mol. The van der Waals surface area contributed by atoms with Crippen molar-refractivity contribution in [3.05, 3.63) is 20.8 Å². The molecule has 0 bridgehead atoms. The van der Waals surface area contributed by atoms with Gasteiger partial charge in [-0.15, -0.1) is 23.7 Å². The maximum atomic E-state index is 12.3. The molecule has 0 aliphatic carbocycles. The number of carbonyl (C=O) groups excluding carboxylic acids is 1. The van der Waals surface area contributed by atoms with Gasteiger partial charge >= 0.3 is 0 Å². The summed E-state index contributed by atoms with van der Waals surface area (Å²) in [4.78, 5) is 14.6. The van der Waals surface area contributed by atoms with E-state index in [0.29, 0.717) is 36.1 Å². The number of ether oxygens (including phenoxy) is 1. The van der Waals surface area contributed by atoms with Gasteiger partial charge < -0.3 is 15.4 Å². The molecule has 2 N–H and O–H groups in total. The number of thiophene rings is 1. The molecule has 1 aliphatic heterocycles. The summed E-state index contributed by atoms with van der Waals surface area (Å²) >= 11 is 7.49. The van der Waals surface area contributed by atoms with Crippen molar-refractivity contribution in [3.63, 3.8) is 0 Å². The summed E-state index contributed by atoms with van der Waals surface area (Å²) in [6.07, 6.45) is -0.0625. The van der Waals surface area contributed by atoms with Crippen LogP contribution in [-0.4, -0.2) is 43.2 Å². The number of hydrogen-bond acceptors (Lipinski definition) is 4. The molecule has 1 aromatic rings. The molecular weight excluding hydrogens is 295 g/mol. The second kappa shape index (κ2) is 6.73. The van der Waals surface area contributed by atoms with E-state index in [1.54, 1.807) is 4.90 Å². The Hall–Kier alpha value is -0.330. The van der Waals surface area contributed by atoms with Gasteiger partial charge in [0.15, 0.2) is 0 Å². The summed E-state index contributed by atoms with van der Waals surface area (Å²) in [6, 6.07) is 0. The molecule has 1 fully saturated rings. The van der Waals surface area contributed by atoms with Crippen molar-refractivity contribution in [3.8, 4) is 0 Å². The highest BCUT2D eigenvalue weighted by Gasteiger charge is 2.26. The van der Waals surface area contributed by atoms with Crippen LogP contribution < -0.4 is 5.73 Å². The number of rotatable bonds is 2. The monoisotopic (exact) mass is 310 g/mol. The molecule has 2 heterocycles. The third-order valence-electron chi connectivity index (χ3n) is 2.78. The van der Waals surface area contributed by atoms with E-state index in [4.69, 9.17) is 22.1 Å². The molecule has 1 aromatic heterocycles. The van der Waals surface area contributed by atoms with Gasteiger partial charge in [-0.1, -0.05) is 11.6 Å². The topological polar surface area (TPSA) is 55.6 Å². The largest absolute Gasteiger partial charge is 0.373 e. The quantitative estimate of drug-likeness (QED) is 0.908. The first kappa shape index (κ1) is 15.7. The standard InChI is InChI=1S/C11H15ClN2O2S.ClH/c1-7-6-17-10(9(7)12)11(15)14-2-3-16-8(4-13)5-14;/h6,8H,2-5,13H2,1H3;1H. The fourth-order valence-electron chi connectivity index (χ4n) is 1.76. The molecule has 1 unspecified atom stereocenters. The summed E-state index contributed by atoms with van der Waals surface area (Å²) in [7, 11) is 0. The number of amides is 1. The van der Waals surface area contributed by atoms with Gasteiger partial charge in [-0.05, 0) is 17.9 Å². The van der Waals surface area contributed by atoms with Crippen molar-refractivity contribution >= 4 is 41.3 Å². The summed E-state index contributed by atoms with van der Waals surface area (Å²) in [5.41, 5.74) is 6.50. The minimum atomic E-state index is -0.0625. The van der Waals surface area contributed by atoms with Crippen LogP contribution in [0.5, 0.6) is 0 Å². The van der Waals surface area contributed by atoms with E-state index in [0.717, 1.165) is 5.56 Å². The number of nitrogens with zero attached hydrogens (tertiary/aromatic N) is 1. The number of halogens is 2. The second-order valence-corrected chi connectivity index (χ2v) is 5.30. The molecule has 1 aliphatic rings. The van der Waals surface area contributed by atoms with Crippen LogP contribution in [0.1, 0.15) is 15.2 Å². The molecule has 18 heavy (non-hydrogen) atoms. The predicted octanol–water partition coefficient (Wildman–Crippen LogP) is 1.93. The molecule has 0 spiro atoms. The van der Waals surface area contributed by atoms with Crippen molar-refractivity contribution in [2.24, 2.45) is 5.73 Å². The summed E-state index contributed by atoms with van der Waals surface area (Å²) in [6.45, 7) is 4.01. The third kappa shape index (κ3) is 3.16. The van der Waals surface area contributed by atoms with E-state index in [1.807, 2.05) is 12.3 Å². The van der Waals surface area contributed by atoms with E-state index in [2.05, 4.69) is 0 Å². The highest BCUT2D eigenvalue weighted by molar-refractivity contribution is 7.13. The van der Waals surface area contributed by atoms with Crippen molar-refractivity contribution in [2.45, 2.75) is 13.0 Å². The van der Waals surface area contributed by atoms with Crippen molar-refractivity contribution < 1.29 is 9.53 Å². The Bertz CT molecular complexity index is 425. The van der Waals surface area contributed by atoms with Gasteiger partial charge in [0.2, 0.25) is 0 Å². The lowest BCUT2D eigenvalue weighted by Crippen LogP contribution is -2.48. The Kier molecular flexibility index (Phi) is 5.88. The zero-order valence-corrected chi connectivity index (χ0v) is 12.4.